The molecule has 1 aromatic heterocycles. The van der Waals surface area contributed by atoms with Gasteiger partial charge in [0.25, 0.3) is 6.47 Å². The van der Waals surface area contributed by atoms with Gasteiger partial charge in [-0.25, -0.2) is 14.1 Å². The average Bonchev–Trinajstić information content (AvgIpc) is 3.21. The lowest BCUT2D eigenvalue weighted by Gasteiger charge is -2.47. The van der Waals surface area contributed by atoms with Crippen molar-refractivity contribution < 1.29 is 24.6 Å². The quantitative estimate of drug-likeness (QED) is 0.471. The zero-order chi connectivity index (χ0) is 24.1. The zero-order valence-electron chi connectivity index (χ0n) is 18.9. The number of carboxylic acid groups (broad SMARTS) is 2. The molecule has 32 heavy (non-hydrogen) atoms. The number of hydrogen-bond donors (Lipinski definition) is 3. The monoisotopic (exact) mass is 446 g/mol. The molecular formula is C22H32N5O5+. The molecule has 10 nitrogen and oxygen atoms in total. The second kappa shape index (κ2) is 10.4. The summed E-state index contributed by atoms with van der Waals surface area (Å²) in [5.74, 6) is -0.00610. The number of amides is 2. The van der Waals surface area contributed by atoms with Crippen molar-refractivity contribution in [3.8, 4) is 11.1 Å². The van der Waals surface area contributed by atoms with Gasteiger partial charge in [-0.2, -0.15) is 5.10 Å². The van der Waals surface area contributed by atoms with Gasteiger partial charge in [0, 0.05) is 42.9 Å². The number of carbonyl (C=O) groups is 3. The van der Waals surface area contributed by atoms with Crippen molar-refractivity contribution in [3.63, 3.8) is 0 Å². The van der Waals surface area contributed by atoms with Crippen molar-refractivity contribution in [1.82, 2.24) is 19.2 Å². The van der Waals surface area contributed by atoms with E-state index in [1.807, 2.05) is 39.2 Å². The van der Waals surface area contributed by atoms with Gasteiger partial charge in [0.05, 0.1) is 32.8 Å². The Kier molecular flexibility index (Phi) is 8.12. The normalized spacial score (nSPS) is 21.7. The molecule has 0 radical (unpaired) electrons. The minimum Gasteiger partial charge on any atom is -0.483 e. The van der Waals surface area contributed by atoms with Gasteiger partial charge in [0.1, 0.15) is 11.7 Å². The number of nitrogens with zero attached hydrogens (tertiary/aromatic N) is 4. The number of quaternary nitrogens is 1. The number of likely N-dealkylation sites (N-methyl/N-ethyl adjacent to an activating group) is 2. The Balaban J connectivity index is 0.00000114. The molecule has 10 heteroatoms. The first kappa shape index (κ1) is 25.0. The van der Waals surface area contributed by atoms with E-state index in [9.17, 15) is 14.7 Å². The molecule has 0 aliphatic carbocycles. The second-order valence-electron chi connectivity index (χ2n) is 7.90. The summed E-state index contributed by atoms with van der Waals surface area (Å²) < 4.78 is 1.88. The van der Waals surface area contributed by atoms with E-state index >= 15 is 0 Å². The molecule has 0 saturated heterocycles. The van der Waals surface area contributed by atoms with Gasteiger partial charge in [-0.15, -0.1) is 0 Å². The maximum atomic E-state index is 12.7. The molecule has 0 spiro atoms. The summed E-state index contributed by atoms with van der Waals surface area (Å²) in [5, 5.41) is 20.9. The first-order chi connectivity index (χ1) is 15.1. The minimum atomic E-state index is -0.956. The molecule has 174 valence electrons. The Hall–Kier alpha value is -3.24. The average molecular weight is 447 g/mol. The van der Waals surface area contributed by atoms with Crippen LogP contribution in [0, 0.1) is 0 Å². The van der Waals surface area contributed by atoms with E-state index in [4.69, 9.17) is 15.6 Å². The molecule has 0 saturated carbocycles. The van der Waals surface area contributed by atoms with Crippen molar-refractivity contribution in [1.29, 1.82) is 0 Å². The minimum absolute atomic E-state index is 0.00610. The SMILES string of the molecule is CCN(C(=O)O)C1Cc2cc(-c3cnn(CCN)c3)ccc2[N@@+](C)(C(C)=O)[C@H]1C.O=CO. The van der Waals surface area contributed by atoms with Crippen molar-refractivity contribution >= 4 is 24.2 Å². The highest BCUT2D eigenvalue weighted by atomic mass is 16.4. The molecule has 3 atom stereocenters. The van der Waals surface area contributed by atoms with Crippen LogP contribution in [-0.2, 0) is 22.6 Å². The van der Waals surface area contributed by atoms with E-state index in [0.29, 0.717) is 26.1 Å². The fraction of sp³-hybridized carbons (Fsp3) is 0.455. The van der Waals surface area contributed by atoms with Crippen LogP contribution < -0.4 is 10.2 Å². The molecule has 1 aliphatic rings. The number of hydrogen-bond acceptors (Lipinski definition) is 5. The van der Waals surface area contributed by atoms with Gasteiger partial charge in [-0.3, -0.25) is 14.4 Å². The smallest absolute Gasteiger partial charge is 0.407 e. The Morgan fingerprint density at radius 1 is 1.38 bits per heavy atom. The summed E-state index contributed by atoms with van der Waals surface area (Å²) in [6, 6.07) is 5.59. The summed E-state index contributed by atoms with van der Waals surface area (Å²) in [6.45, 7) is 6.66. The molecule has 2 heterocycles. The van der Waals surface area contributed by atoms with Crippen molar-refractivity contribution in [3.05, 3.63) is 36.2 Å². The van der Waals surface area contributed by atoms with Gasteiger partial charge in [0.2, 0.25) is 0 Å². The van der Waals surface area contributed by atoms with Crippen molar-refractivity contribution in [2.24, 2.45) is 5.73 Å². The molecule has 2 aromatic rings. The lowest BCUT2D eigenvalue weighted by Crippen LogP contribution is -2.66. The molecular weight excluding hydrogens is 414 g/mol. The third-order valence-electron chi connectivity index (χ3n) is 6.35. The summed E-state index contributed by atoms with van der Waals surface area (Å²) in [5.41, 5.74) is 9.50. The predicted molar refractivity (Wildman–Crippen MR) is 121 cm³/mol. The van der Waals surface area contributed by atoms with Crippen molar-refractivity contribution in [2.45, 2.75) is 45.8 Å². The molecule has 2 amide bonds. The largest absolute Gasteiger partial charge is 0.483 e. The van der Waals surface area contributed by atoms with Crippen LogP contribution in [0.5, 0.6) is 0 Å². The predicted octanol–water partition coefficient (Wildman–Crippen LogP) is 2.01. The number of aromatic nitrogens is 2. The lowest BCUT2D eigenvalue weighted by atomic mass is 9.87. The van der Waals surface area contributed by atoms with Gasteiger partial charge in [-0.1, -0.05) is 0 Å². The van der Waals surface area contributed by atoms with Crippen LogP contribution in [0.4, 0.5) is 10.5 Å². The Morgan fingerprint density at radius 3 is 2.56 bits per heavy atom. The number of benzene rings is 1. The number of carbonyl (C=O) groups excluding carboxylic acids is 1. The molecule has 4 N–H and O–H groups in total. The van der Waals surface area contributed by atoms with E-state index in [-0.39, 0.29) is 28.9 Å². The van der Waals surface area contributed by atoms with Gasteiger partial charge < -0.3 is 15.9 Å². The number of fused-ring (bicyclic) bond motifs is 1. The standard InChI is InChI=1S/C21H29N5O3.CH2O2/c1-5-25(21(28)29)19-11-17-10-16(18-12-23-24(13-18)9-8-22)6-7-20(17)26(4,14(19)2)15(3)27;2-1-3/h6-7,10,12-14,19H,5,8-9,11,22H2,1-4H3;1H,(H,2,3)/p+1/t14-,19?,26+;/m0./s1. The first-order valence-electron chi connectivity index (χ1n) is 10.5. The second-order valence-corrected chi connectivity index (χ2v) is 7.90. The fourth-order valence-corrected chi connectivity index (χ4v) is 4.45. The summed E-state index contributed by atoms with van der Waals surface area (Å²) in [7, 11) is 1.88. The van der Waals surface area contributed by atoms with E-state index in [1.54, 1.807) is 17.8 Å². The third-order valence-corrected chi connectivity index (χ3v) is 6.35. The van der Waals surface area contributed by atoms with Crippen LogP contribution in [0.2, 0.25) is 0 Å². The highest BCUT2D eigenvalue weighted by Crippen LogP contribution is 2.40. The summed E-state index contributed by atoms with van der Waals surface area (Å²) in [4.78, 5) is 34.4. The lowest BCUT2D eigenvalue weighted by molar-refractivity contribution is -0.130. The van der Waals surface area contributed by atoms with Crippen LogP contribution >= 0.6 is 0 Å². The van der Waals surface area contributed by atoms with Gasteiger partial charge in [-0.05, 0) is 31.5 Å². The zero-order valence-corrected chi connectivity index (χ0v) is 18.9. The third kappa shape index (κ3) is 4.66. The van der Waals surface area contributed by atoms with Crippen LogP contribution in [-0.4, -0.2) is 75.6 Å². The van der Waals surface area contributed by atoms with E-state index in [2.05, 4.69) is 11.2 Å². The molecule has 0 fully saturated rings. The topological polar surface area (TPSA) is 139 Å². The van der Waals surface area contributed by atoms with Gasteiger partial charge >= 0.3 is 12.0 Å². The Labute approximate surface area is 187 Å². The fourth-order valence-electron chi connectivity index (χ4n) is 4.45. The highest BCUT2D eigenvalue weighted by Gasteiger charge is 2.49. The first-order valence-corrected chi connectivity index (χ1v) is 10.5. The molecule has 3 rings (SSSR count). The van der Waals surface area contributed by atoms with Gasteiger partial charge in [0.15, 0.2) is 0 Å². The molecule has 1 aromatic carbocycles. The van der Waals surface area contributed by atoms with E-state index in [1.165, 1.54) is 4.90 Å². The molecule has 1 aliphatic heterocycles. The maximum absolute atomic E-state index is 12.7. The molecule has 0 bridgehead atoms. The van der Waals surface area contributed by atoms with E-state index < -0.39 is 6.09 Å². The Bertz CT molecular complexity index is 975. The summed E-state index contributed by atoms with van der Waals surface area (Å²) in [6.07, 6.45) is 3.37. The van der Waals surface area contributed by atoms with Crippen LogP contribution in [0.15, 0.2) is 30.6 Å². The highest BCUT2D eigenvalue weighted by molar-refractivity contribution is 5.89. The van der Waals surface area contributed by atoms with Crippen LogP contribution in [0.3, 0.4) is 0 Å². The Morgan fingerprint density at radius 2 is 2.03 bits per heavy atom. The van der Waals surface area contributed by atoms with E-state index in [0.717, 1.165) is 22.4 Å². The van der Waals surface area contributed by atoms with Crippen LogP contribution in [0.1, 0.15) is 26.3 Å². The number of rotatable bonds is 5. The molecule has 1 unspecified atom stereocenters. The van der Waals surface area contributed by atoms with Crippen LogP contribution in [0.25, 0.3) is 11.1 Å². The van der Waals surface area contributed by atoms with Crippen molar-refractivity contribution in [2.75, 3.05) is 20.1 Å². The summed E-state index contributed by atoms with van der Waals surface area (Å²) >= 11 is 0. The maximum Gasteiger partial charge on any atom is 0.407 e. The number of nitrogens with two attached hydrogens (primary N) is 1.